The molecule has 1 aliphatic heterocycles. The zero-order valence-electron chi connectivity index (χ0n) is 8.50. The summed E-state index contributed by atoms with van der Waals surface area (Å²) in [5.41, 5.74) is 0.0999. The first kappa shape index (κ1) is 10.5. The van der Waals surface area contributed by atoms with E-state index < -0.39 is 17.2 Å². The van der Waals surface area contributed by atoms with Gasteiger partial charge in [-0.25, -0.2) is 8.78 Å². The smallest absolute Gasteiger partial charge is 0.159 e. The Hall–Kier alpha value is -1.00. The maximum atomic E-state index is 12.9. The molecule has 1 aliphatic rings. The van der Waals surface area contributed by atoms with Gasteiger partial charge in [-0.05, 0) is 24.6 Å². The lowest BCUT2D eigenvalue weighted by atomic mass is 9.96. The van der Waals surface area contributed by atoms with Gasteiger partial charge in [-0.3, -0.25) is 4.90 Å². The van der Waals surface area contributed by atoms with Gasteiger partial charge in [0.15, 0.2) is 11.6 Å². The molecule has 1 saturated heterocycles. The largest absolute Gasteiger partial charge is 0.388 e. The molecule has 0 saturated carbocycles. The van der Waals surface area contributed by atoms with E-state index in [0.29, 0.717) is 19.6 Å². The number of nitrogens with zero attached hydrogens (tertiary/aromatic N) is 1. The van der Waals surface area contributed by atoms with Crippen LogP contribution < -0.4 is 0 Å². The average Bonchev–Trinajstić information content (AvgIpc) is 2.08. The van der Waals surface area contributed by atoms with Gasteiger partial charge in [-0.2, -0.15) is 0 Å². The molecule has 0 atom stereocenters. The van der Waals surface area contributed by atoms with E-state index in [0.717, 1.165) is 11.6 Å². The van der Waals surface area contributed by atoms with Crippen molar-refractivity contribution in [1.29, 1.82) is 0 Å². The van der Waals surface area contributed by atoms with Gasteiger partial charge < -0.3 is 5.11 Å². The third-order valence-corrected chi connectivity index (χ3v) is 2.52. The van der Waals surface area contributed by atoms with Crippen molar-refractivity contribution < 1.29 is 13.9 Å². The Balaban J connectivity index is 1.98. The molecule has 1 aromatic carbocycles. The van der Waals surface area contributed by atoms with E-state index in [1.165, 1.54) is 6.07 Å². The molecule has 1 N–H and O–H groups in total. The molecule has 0 aromatic heterocycles. The van der Waals surface area contributed by atoms with Gasteiger partial charge in [0.25, 0.3) is 0 Å². The molecule has 0 aliphatic carbocycles. The lowest BCUT2D eigenvalue weighted by Crippen LogP contribution is -2.59. The van der Waals surface area contributed by atoms with Crippen LogP contribution in [0.5, 0.6) is 0 Å². The standard InChI is InChI=1S/C11H13F2NO/c1-11(15)6-14(7-11)5-8-2-3-9(12)10(13)4-8/h2-4,15H,5-7H2,1H3. The zero-order chi connectivity index (χ0) is 11.1. The van der Waals surface area contributed by atoms with Gasteiger partial charge in [0, 0.05) is 19.6 Å². The lowest BCUT2D eigenvalue weighted by molar-refractivity contribution is -0.0871. The van der Waals surface area contributed by atoms with Crippen LogP contribution in [0.25, 0.3) is 0 Å². The summed E-state index contributed by atoms with van der Waals surface area (Å²) in [4.78, 5) is 1.98. The second kappa shape index (κ2) is 3.54. The van der Waals surface area contributed by atoms with Crippen LogP contribution in [0.1, 0.15) is 12.5 Å². The van der Waals surface area contributed by atoms with Crippen LogP contribution in [0.15, 0.2) is 18.2 Å². The average molecular weight is 213 g/mol. The molecule has 82 valence electrons. The van der Waals surface area contributed by atoms with E-state index in [2.05, 4.69) is 0 Å². The molecule has 0 spiro atoms. The molecule has 1 fully saturated rings. The number of benzene rings is 1. The van der Waals surface area contributed by atoms with Crippen LogP contribution in [-0.2, 0) is 6.54 Å². The number of rotatable bonds is 2. The third kappa shape index (κ3) is 2.33. The number of hydrogen-bond acceptors (Lipinski definition) is 2. The van der Waals surface area contributed by atoms with E-state index in [1.807, 2.05) is 4.90 Å². The predicted molar refractivity (Wildman–Crippen MR) is 52.3 cm³/mol. The van der Waals surface area contributed by atoms with Crippen molar-refractivity contribution in [3.05, 3.63) is 35.4 Å². The molecule has 15 heavy (non-hydrogen) atoms. The van der Waals surface area contributed by atoms with Gasteiger partial charge in [0.1, 0.15) is 0 Å². The van der Waals surface area contributed by atoms with Crippen molar-refractivity contribution in [2.75, 3.05) is 13.1 Å². The second-order valence-corrected chi connectivity index (χ2v) is 4.39. The Morgan fingerprint density at radius 3 is 2.53 bits per heavy atom. The maximum Gasteiger partial charge on any atom is 0.159 e. The summed E-state index contributed by atoms with van der Waals surface area (Å²) in [7, 11) is 0. The first-order valence-electron chi connectivity index (χ1n) is 4.85. The normalized spacial score (nSPS) is 20.0. The van der Waals surface area contributed by atoms with E-state index in [9.17, 15) is 13.9 Å². The van der Waals surface area contributed by atoms with E-state index in [1.54, 1.807) is 13.0 Å². The maximum absolute atomic E-state index is 12.9. The Bertz CT molecular complexity index is 371. The molecule has 2 nitrogen and oxygen atoms in total. The number of likely N-dealkylation sites (tertiary alicyclic amines) is 1. The van der Waals surface area contributed by atoms with Crippen molar-refractivity contribution >= 4 is 0 Å². The van der Waals surface area contributed by atoms with E-state index >= 15 is 0 Å². The Labute approximate surface area is 87.1 Å². The number of aliphatic hydroxyl groups is 1. The predicted octanol–water partition coefficient (Wildman–Crippen LogP) is 1.53. The molecular formula is C11H13F2NO. The summed E-state index contributed by atoms with van der Waals surface area (Å²) in [6.45, 7) is 3.46. The number of halogens is 2. The van der Waals surface area contributed by atoms with Gasteiger partial charge in [0.2, 0.25) is 0 Å². The summed E-state index contributed by atoms with van der Waals surface area (Å²) < 4.78 is 25.5. The lowest BCUT2D eigenvalue weighted by Gasteiger charge is -2.44. The van der Waals surface area contributed by atoms with Gasteiger partial charge >= 0.3 is 0 Å². The van der Waals surface area contributed by atoms with Crippen LogP contribution in [0.3, 0.4) is 0 Å². The summed E-state index contributed by atoms with van der Waals surface area (Å²) in [5.74, 6) is -1.64. The van der Waals surface area contributed by atoms with E-state index in [4.69, 9.17) is 0 Å². The van der Waals surface area contributed by atoms with Gasteiger partial charge in [-0.15, -0.1) is 0 Å². The van der Waals surface area contributed by atoms with Crippen LogP contribution in [0.4, 0.5) is 8.78 Å². The van der Waals surface area contributed by atoms with Crippen LogP contribution in [0.2, 0.25) is 0 Å². The molecule has 1 aromatic rings. The first-order valence-corrected chi connectivity index (χ1v) is 4.85. The molecule has 2 rings (SSSR count). The topological polar surface area (TPSA) is 23.5 Å². The highest BCUT2D eigenvalue weighted by Crippen LogP contribution is 2.22. The number of β-amino-alcohol motifs (C(OH)–C–C–N with tert-alkyl or cyclic N) is 1. The molecule has 0 radical (unpaired) electrons. The second-order valence-electron chi connectivity index (χ2n) is 4.39. The minimum atomic E-state index is -0.825. The summed E-state index contributed by atoms with van der Waals surface area (Å²) >= 11 is 0. The SMILES string of the molecule is CC1(O)CN(Cc2ccc(F)c(F)c2)C1. The van der Waals surface area contributed by atoms with Gasteiger partial charge in [-0.1, -0.05) is 6.07 Å². The molecule has 0 unspecified atom stereocenters. The molecule has 0 amide bonds. The molecule has 0 bridgehead atoms. The molecule has 1 heterocycles. The van der Waals surface area contributed by atoms with E-state index in [-0.39, 0.29) is 0 Å². The highest BCUT2D eigenvalue weighted by Gasteiger charge is 2.36. The third-order valence-electron chi connectivity index (χ3n) is 2.52. The fourth-order valence-corrected chi connectivity index (χ4v) is 1.93. The Morgan fingerprint density at radius 1 is 1.33 bits per heavy atom. The fourth-order valence-electron chi connectivity index (χ4n) is 1.93. The van der Waals surface area contributed by atoms with Crippen LogP contribution in [0, 0.1) is 11.6 Å². The zero-order valence-corrected chi connectivity index (χ0v) is 8.50. The fraction of sp³-hybridized carbons (Fsp3) is 0.455. The highest BCUT2D eigenvalue weighted by molar-refractivity contribution is 5.18. The summed E-state index contributed by atoms with van der Waals surface area (Å²) in [5, 5.41) is 9.48. The minimum Gasteiger partial charge on any atom is -0.388 e. The van der Waals surface area contributed by atoms with Crippen molar-refractivity contribution in [2.45, 2.75) is 19.1 Å². The monoisotopic (exact) mass is 213 g/mol. The van der Waals surface area contributed by atoms with Crippen molar-refractivity contribution in [3.8, 4) is 0 Å². The molecular weight excluding hydrogens is 200 g/mol. The summed E-state index contributed by atoms with van der Waals surface area (Å²) in [6.07, 6.45) is 0. The van der Waals surface area contributed by atoms with Crippen LogP contribution >= 0.6 is 0 Å². The Morgan fingerprint density at radius 2 is 2.00 bits per heavy atom. The van der Waals surface area contributed by atoms with Gasteiger partial charge in [0.05, 0.1) is 5.60 Å². The van der Waals surface area contributed by atoms with Crippen molar-refractivity contribution in [2.24, 2.45) is 0 Å². The summed E-state index contributed by atoms with van der Waals surface area (Å²) in [6, 6.07) is 3.89. The number of hydrogen-bond donors (Lipinski definition) is 1. The quantitative estimate of drug-likeness (QED) is 0.805. The van der Waals surface area contributed by atoms with Crippen molar-refractivity contribution in [1.82, 2.24) is 4.90 Å². The Kier molecular flexibility index (Phi) is 2.48. The first-order chi connectivity index (χ1) is 6.96. The van der Waals surface area contributed by atoms with Crippen molar-refractivity contribution in [3.63, 3.8) is 0 Å². The molecule has 4 heteroatoms. The highest BCUT2D eigenvalue weighted by atomic mass is 19.2. The van der Waals surface area contributed by atoms with Crippen LogP contribution in [-0.4, -0.2) is 28.7 Å². The minimum absolute atomic E-state index is 0.549.